The Balaban J connectivity index is 0.984. The van der Waals surface area contributed by atoms with Gasteiger partial charge in [-0.15, -0.1) is 0 Å². The van der Waals surface area contributed by atoms with Gasteiger partial charge in [-0.2, -0.15) is 0 Å². The molecule has 0 saturated heterocycles. The summed E-state index contributed by atoms with van der Waals surface area (Å²) in [6.45, 7) is 23.5. The van der Waals surface area contributed by atoms with Gasteiger partial charge in [0.1, 0.15) is 0 Å². The highest BCUT2D eigenvalue weighted by Gasteiger charge is 2.28. The molecule has 1 unspecified atom stereocenters. The van der Waals surface area contributed by atoms with Gasteiger partial charge in [-0.3, -0.25) is 0 Å². The fourth-order valence-corrected chi connectivity index (χ4v) is 10.0. The maximum Gasteiger partial charge on any atom is 0.0463 e. The SMILES string of the molecule is CCC(C)(C)c1ccc(N(c2ccccc2)c2ccc(N(c3ccccc3)c3ccc(C(C)(CC)CCCC(C)(C)c4ccc(N(c5ccccc5)c5ccc(C(C)(C)CC)cc5)cc4)cc3)cc2)cc1. The summed E-state index contributed by atoms with van der Waals surface area (Å²) in [6.07, 6.45) is 6.65. The van der Waals surface area contributed by atoms with Crippen molar-refractivity contribution in [3.63, 3.8) is 0 Å². The third kappa shape index (κ3) is 11.4. The van der Waals surface area contributed by atoms with Crippen LogP contribution in [0.15, 0.2) is 212 Å². The molecule has 0 spiro atoms. The van der Waals surface area contributed by atoms with Crippen LogP contribution in [0.4, 0.5) is 51.2 Å². The maximum atomic E-state index is 2.46. The zero-order valence-corrected chi connectivity index (χ0v) is 44.3. The van der Waals surface area contributed by atoms with Crippen LogP contribution in [0.5, 0.6) is 0 Å². The molecule has 3 nitrogen and oxygen atoms in total. The predicted octanol–water partition coefficient (Wildman–Crippen LogP) is 20.3. The Morgan fingerprint density at radius 3 is 0.761 bits per heavy atom. The molecule has 8 aromatic rings. The fourth-order valence-electron chi connectivity index (χ4n) is 10.0. The second-order valence-corrected chi connectivity index (χ2v) is 21.8. The van der Waals surface area contributed by atoms with E-state index < -0.39 is 0 Å². The number of rotatable bonds is 20. The largest absolute Gasteiger partial charge is 0.311 e. The van der Waals surface area contributed by atoms with E-state index in [0.717, 1.165) is 78.3 Å². The van der Waals surface area contributed by atoms with E-state index in [1.54, 1.807) is 0 Å². The lowest BCUT2D eigenvalue weighted by molar-refractivity contribution is 0.363. The molecular weight excluding hydrogens is 859 g/mol. The van der Waals surface area contributed by atoms with E-state index in [1.807, 2.05) is 0 Å². The Kier molecular flexibility index (Phi) is 15.4. The summed E-state index contributed by atoms with van der Waals surface area (Å²) < 4.78 is 0. The lowest BCUT2D eigenvalue weighted by Crippen LogP contribution is -2.23. The van der Waals surface area contributed by atoms with Crippen molar-refractivity contribution in [2.24, 2.45) is 0 Å². The van der Waals surface area contributed by atoms with Crippen molar-refractivity contribution in [3.8, 4) is 0 Å². The zero-order valence-electron chi connectivity index (χ0n) is 44.3. The van der Waals surface area contributed by atoms with Crippen molar-refractivity contribution in [1.82, 2.24) is 0 Å². The molecule has 0 aliphatic heterocycles. The molecule has 0 N–H and O–H groups in total. The summed E-state index contributed by atoms with van der Waals surface area (Å²) in [4.78, 5) is 7.11. The molecule has 8 rings (SSSR count). The number of para-hydroxylation sites is 3. The van der Waals surface area contributed by atoms with Crippen molar-refractivity contribution in [2.75, 3.05) is 14.7 Å². The molecule has 0 heterocycles. The second-order valence-electron chi connectivity index (χ2n) is 21.8. The lowest BCUT2D eigenvalue weighted by Gasteiger charge is -2.33. The van der Waals surface area contributed by atoms with Gasteiger partial charge < -0.3 is 14.7 Å². The Morgan fingerprint density at radius 1 is 0.254 bits per heavy atom. The standard InChI is InChI=1S/C68H77N3/c1-11-65(4,5)52-30-38-59(39-31-52)69(56-24-17-14-18-25-56)61-42-34-54(35-43-61)67(8,9)50-23-51-68(10,13-3)55-36-44-62(45-37-55)71(58-28-21-16-22-29-58)64-48-46-63(47-49-64)70(57-26-19-15-20-27-57)60-40-32-53(33-41-60)66(6,7)12-2/h14-22,24-49H,11-13,23,50-51H2,1-10H3. The van der Waals surface area contributed by atoms with Crippen molar-refractivity contribution < 1.29 is 0 Å². The first kappa shape index (κ1) is 50.5. The Morgan fingerprint density at radius 2 is 0.493 bits per heavy atom. The molecule has 8 aromatic carbocycles. The summed E-state index contributed by atoms with van der Waals surface area (Å²) in [5.41, 5.74) is 16.2. The molecule has 0 saturated carbocycles. The highest BCUT2D eigenvalue weighted by atomic mass is 15.2. The summed E-state index contributed by atoms with van der Waals surface area (Å²) >= 11 is 0. The third-order valence-electron chi connectivity index (χ3n) is 16.0. The lowest BCUT2D eigenvalue weighted by atomic mass is 9.73. The van der Waals surface area contributed by atoms with Gasteiger partial charge in [-0.05, 0) is 185 Å². The first-order valence-electron chi connectivity index (χ1n) is 26.2. The Labute approximate surface area is 427 Å². The van der Waals surface area contributed by atoms with E-state index in [-0.39, 0.29) is 21.7 Å². The van der Waals surface area contributed by atoms with E-state index in [4.69, 9.17) is 0 Å². The van der Waals surface area contributed by atoms with Gasteiger partial charge in [0.15, 0.2) is 0 Å². The average molecular weight is 936 g/mol. The number of hydrogen-bond acceptors (Lipinski definition) is 3. The molecule has 364 valence electrons. The monoisotopic (exact) mass is 936 g/mol. The normalized spacial score (nSPS) is 12.8. The highest BCUT2D eigenvalue weighted by molar-refractivity contribution is 5.81. The van der Waals surface area contributed by atoms with Gasteiger partial charge in [0.05, 0.1) is 0 Å². The minimum atomic E-state index is 0.0301. The van der Waals surface area contributed by atoms with E-state index in [2.05, 4.69) is 296 Å². The maximum absolute atomic E-state index is 2.46. The van der Waals surface area contributed by atoms with Gasteiger partial charge in [-0.25, -0.2) is 0 Å². The van der Waals surface area contributed by atoms with Crippen molar-refractivity contribution in [1.29, 1.82) is 0 Å². The summed E-state index contributed by atoms with van der Waals surface area (Å²) in [5.74, 6) is 0. The zero-order chi connectivity index (χ0) is 50.2. The van der Waals surface area contributed by atoms with Crippen molar-refractivity contribution in [2.45, 2.75) is 129 Å². The van der Waals surface area contributed by atoms with Gasteiger partial charge in [-0.1, -0.05) is 179 Å². The average Bonchev–Trinajstić information content (AvgIpc) is 3.41. The minimum absolute atomic E-state index is 0.0301. The van der Waals surface area contributed by atoms with Crippen molar-refractivity contribution in [3.05, 3.63) is 235 Å². The topological polar surface area (TPSA) is 9.72 Å². The van der Waals surface area contributed by atoms with E-state index >= 15 is 0 Å². The first-order chi connectivity index (χ1) is 34.2. The summed E-state index contributed by atoms with van der Waals surface area (Å²) in [6, 6.07) is 78.3. The van der Waals surface area contributed by atoms with E-state index in [0.29, 0.717) is 0 Å². The first-order valence-corrected chi connectivity index (χ1v) is 26.2. The summed E-state index contributed by atoms with van der Waals surface area (Å²) in [5, 5.41) is 0. The van der Waals surface area contributed by atoms with Crippen LogP contribution in [0.3, 0.4) is 0 Å². The van der Waals surface area contributed by atoms with Crippen LogP contribution in [0.2, 0.25) is 0 Å². The fraction of sp³-hybridized carbons (Fsp3) is 0.294. The number of benzene rings is 8. The molecule has 1 atom stereocenters. The van der Waals surface area contributed by atoms with Gasteiger partial charge in [0, 0.05) is 51.2 Å². The molecule has 0 aliphatic rings. The van der Waals surface area contributed by atoms with Crippen molar-refractivity contribution >= 4 is 51.2 Å². The van der Waals surface area contributed by atoms with Crippen LogP contribution >= 0.6 is 0 Å². The minimum Gasteiger partial charge on any atom is -0.311 e. The van der Waals surface area contributed by atoms with Crippen LogP contribution in [0, 0.1) is 0 Å². The smallest absolute Gasteiger partial charge is 0.0463 e. The number of hydrogen-bond donors (Lipinski definition) is 0. The van der Waals surface area contributed by atoms with Crippen LogP contribution in [0.25, 0.3) is 0 Å². The molecule has 0 aliphatic carbocycles. The van der Waals surface area contributed by atoms with E-state index in [9.17, 15) is 0 Å². The molecule has 0 fully saturated rings. The number of nitrogens with zero attached hydrogens (tertiary/aromatic N) is 3. The van der Waals surface area contributed by atoms with Crippen LogP contribution in [-0.4, -0.2) is 0 Å². The van der Waals surface area contributed by atoms with Gasteiger partial charge >= 0.3 is 0 Å². The third-order valence-corrected chi connectivity index (χ3v) is 16.0. The quantitative estimate of drug-likeness (QED) is 0.0754. The van der Waals surface area contributed by atoms with Gasteiger partial charge in [0.25, 0.3) is 0 Å². The van der Waals surface area contributed by atoms with Crippen LogP contribution in [0.1, 0.15) is 130 Å². The second kappa shape index (κ2) is 21.7. The Hall–Kier alpha value is -6.84. The molecule has 0 aromatic heterocycles. The molecule has 3 heteroatoms. The van der Waals surface area contributed by atoms with Crippen LogP contribution < -0.4 is 14.7 Å². The van der Waals surface area contributed by atoms with Crippen LogP contribution in [-0.2, 0) is 21.7 Å². The highest BCUT2D eigenvalue weighted by Crippen LogP contribution is 2.43. The van der Waals surface area contributed by atoms with Gasteiger partial charge in [0.2, 0.25) is 0 Å². The Bertz CT molecular complexity index is 2880. The molecular formula is C68H77N3. The molecule has 0 amide bonds. The molecule has 71 heavy (non-hydrogen) atoms. The molecule has 0 radical (unpaired) electrons. The summed E-state index contributed by atoms with van der Waals surface area (Å²) in [7, 11) is 0. The molecule has 0 bridgehead atoms. The van der Waals surface area contributed by atoms with E-state index in [1.165, 1.54) is 33.6 Å². The predicted molar refractivity (Wildman–Crippen MR) is 308 cm³/mol. The number of anilines is 9.